The van der Waals surface area contributed by atoms with Gasteiger partial charge in [0.25, 0.3) is 0 Å². The summed E-state index contributed by atoms with van der Waals surface area (Å²) in [6, 6.07) is 21.0. The van der Waals surface area contributed by atoms with Gasteiger partial charge in [-0.25, -0.2) is 28.4 Å². The minimum atomic E-state index is -0.786. The van der Waals surface area contributed by atoms with Crippen molar-refractivity contribution in [2.45, 2.75) is 54.9 Å². The Hall–Kier alpha value is -8.47. The van der Waals surface area contributed by atoms with Crippen LogP contribution in [0.25, 0.3) is 22.3 Å². The second-order valence-corrected chi connectivity index (χ2v) is 17.5. The van der Waals surface area contributed by atoms with E-state index >= 15 is 0 Å². The van der Waals surface area contributed by atoms with E-state index in [1.54, 1.807) is 87.5 Å². The standard InChI is InChI=1S/C57H61FO16/c1-35(2)51(59)69-28-24-65-47-22-17-42(40-14-19-44(20-15-40)73-56(64)57(9,10)11)33-49(47)68-27-31-72-55(63)39(8)13-12-38(7)54(62)71-30-25-66-48-23-18-43(34-50(48)67-26-29-70-52(60)36(3)4)41-16-21-46(45(58)32-41)74-53(61)37(5)6/h13-23,32-34H,1,3,5,7,12,24-31H2,2,4,6,8-11H3/b39-13-. The number of hydrogen-bond donors (Lipinski definition) is 0. The summed E-state index contributed by atoms with van der Waals surface area (Å²) in [5, 5.41) is 0. The summed E-state index contributed by atoms with van der Waals surface area (Å²) in [5.41, 5.74) is 2.59. The average Bonchev–Trinajstić information content (AvgIpc) is 3.36. The smallest absolute Gasteiger partial charge is 0.338 e. The van der Waals surface area contributed by atoms with E-state index in [4.69, 9.17) is 47.4 Å². The molecule has 0 radical (unpaired) electrons. The van der Waals surface area contributed by atoms with Crippen LogP contribution in [0.1, 0.15) is 54.9 Å². The lowest BCUT2D eigenvalue weighted by molar-refractivity contribution is -0.143. The fourth-order valence-electron chi connectivity index (χ4n) is 5.81. The van der Waals surface area contributed by atoms with E-state index < -0.39 is 41.1 Å². The molecule has 0 fully saturated rings. The predicted molar refractivity (Wildman–Crippen MR) is 272 cm³/mol. The summed E-state index contributed by atoms with van der Waals surface area (Å²) in [7, 11) is 0. The first-order valence-corrected chi connectivity index (χ1v) is 23.2. The van der Waals surface area contributed by atoms with Gasteiger partial charge in [-0.15, -0.1) is 0 Å². The van der Waals surface area contributed by atoms with Gasteiger partial charge < -0.3 is 47.4 Å². The lowest BCUT2D eigenvalue weighted by atomic mass is 9.97. The maximum Gasteiger partial charge on any atom is 0.338 e. The van der Waals surface area contributed by atoms with Crippen molar-refractivity contribution in [3.05, 3.63) is 145 Å². The van der Waals surface area contributed by atoms with Crippen molar-refractivity contribution >= 4 is 35.8 Å². The maximum atomic E-state index is 14.9. The number of carbonyl (C=O) groups excluding carboxylic acids is 6. The molecule has 0 atom stereocenters. The molecule has 0 N–H and O–H groups in total. The number of rotatable bonds is 27. The van der Waals surface area contributed by atoms with Crippen LogP contribution in [-0.2, 0) is 47.7 Å². The van der Waals surface area contributed by atoms with Crippen molar-refractivity contribution < 1.29 is 80.5 Å². The zero-order chi connectivity index (χ0) is 54.5. The fourth-order valence-corrected chi connectivity index (χ4v) is 5.81. The van der Waals surface area contributed by atoms with Gasteiger partial charge in [0, 0.05) is 27.9 Å². The minimum Gasteiger partial charge on any atom is -0.486 e. The zero-order valence-corrected chi connectivity index (χ0v) is 42.7. The lowest BCUT2D eigenvalue weighted by Crippen LogP contribution is -2.25. The van der Waals surface area contributed by atoms with Crippen LogP contribution in [0.3, 0.4) is 0 Å². The lowest BCUT2D eigenvalue weighted by Gasteiger charge is -2.17. The highest BCUT2D eigenvalue weighted by Crippen LogP contribution is 2.36. The third kappa shape index (κ3) is 18.6. The molecule has 0 amide bonds. The predicted octanol–water partition coefficient (Wildman–Crippen LogP) is 10.0. The highest BCUT2D eigenvalue weighted by molar-refractivity contribution is 5.91. The molecule has 0 aliphatic rings. The monoisotopic (exact) mass is 1020 g/mol. The van der Waals surface area contributed by atoms with Gasteiger partial charge in [0.1, 0.15) is 58.6 Å². The maximum absolute atomic E-state index is 14.9. The number of allylic oxidation sites excluding steroid dienone is 1. The third-order valence-electron chi connectivity index (χ3n) is 9.97. The first-order chi connectivity index (χ1) is 35.0. The Balaban J connectivity index is 1.30. The third-order valence-corrected chi connectivity index (χ3v) is 9.97. The largest absolute Gasteiger partial charge is 0.486 e. The van der Waals surface area contributed by atoms with Gasteiger partial charge in [-0.05, 0) is 126 Å². The Kier molecular flexibility index (Phi) is 21.9. The Labute approximate surface area is 429 Å². The molecule has 392 valence electrons. The van der Waals surface area contributed by atoms with Crippen LogP contribution in [0, 0.1) is 11.2 Å². The molecule has 0 saturated carbocycles. The van der Waals surface area contributed by atoms with E-state index in [1.165, 1.54) is 45.9 Å². The van der Waals surface area contributed by atoms with Crippen molar-refractivity contribution in [1.29, 1.82) is 0 Å². The molecule has 16 nitrogen and oxygen atoms in total. The molecule has 0 aliphatic carbocycles. The Morgan fingerprint density at radius 3 is 1.30 bits per heavy atom. The molecule has 17 heteroatoms. The molecule has 4 aromatic rings. The first kappa shape index (κ1) is 58.1. The summed E-state index contributed by atoms with van der Waals surface area (Å²) in [4.78, 5) is 73.7. The Bertz CT molecular complexity index is 2780. The van der Waals surface area contributed by atoms with Gasteiger partial charge in [-0.1, -0.05) is 62.7 Å². The van der Waals surface area contributed by atoms with Crippen LogP contribution in [0.2, 0.25) is 0 Å². The van der Waals surface area contributed by atoms with Gasteiger partial charge >= 0.3 is 35.8 Å². The summed E-state index contributed by atoms with van der Waals surface area (Å²) in [6.45, 7) is 24.9. The summed E-state index contributed by atoms with van der Waals surface area (Å²) < 4.78 is 70.1. The van der Waals surface area contributed by atoms with Crippen molar-refractivity contribution in [2.24, 2.45) is 5.41 Å². The second kappa shape index (κ2) is 28.0. The summed E-state index contributed by atoms with van der Waals surface area (Å²) >= 11 is 0. The normalized spacial score (nSPS) is 11.0. The Morgan fingerprint density at radius 1 is 0.459 bits per heavy atom. The molecule has 4 rings (SSSR count). The molecule has 0 unspecified atom stereocenters. The SMILES string of the molecule is C=C(C)C(=O)OCCOc1cc(-c2ccc(OC(=O)C(=C)C)c(F)c2)ccc1OCCOC(=O)C(=C)C/C=C(/C)C(=O)OCCOc1cc(-c2ccc(OC(=O)C(C)(C)C)cc2)ccc1OCCOC(=O)C(=C)C. The first-order valence-electron chi connectivity index (χ1n) is 23.2. The molecule has 0 aliphatic heterocycles. The molecular weight excluding hydrogens is 960 g/mol. The van der Waals surface area contributed by atoms with Gasteiger partial charge in [0.05, 0.1) is 5.41 Å². The number of carbonyl (C=O) groups is 6. The van der Waals surface area contributed by atoms with Gasteiger partial charge in [-0.3, -0.25) is 4.79 Å². The number of ether oxygens (including phenoxy) is 10. The Morgan fingerprint density at radius 2 is 0.851 bits per heavy atom. The highest BCUT2D eigenvalue weighted by Gasteiger charge is 2.24. The number of benzene rings is 4. The van der Waals surface area contributed by atoms with E-state index in [0.29, 0.717) is 28.4 Å². The van der Waals surface area contributed by atoms with E-state index in [1.807, 2.05) is 0 Å². The summed E-state index contributed by atoms with van der Waals surface area (Å²) in [6.07, 6.45) is 1.45. The van der Waals surface area contributed by atoms with Crippen molar-refractivity contribution in [2.75, 3.05) is 52.9 Å². The number of hydrogen-bond acceptors (Lipinski definition) is 16. The van der Waals surface area contributed by atoms with Crippen molar-refractivity contribution in [3.63, 3.8) is 0 Å². The molecule has 74 heavy (non-hydrogen) atoms. The minimum absolute atomic E-state index is 0.0146. The number of halogens is 1. The van der Waals surface area contributed by atoms with E-state index in [-0.39, 0.29) is 110 Å². The van der Waals surface area contributed by atoms with Gasteiger partial charge in [0.2, 0.25) is 0 Å². The molecule has 0 spiro atoms. The van der Waals surface area contributed by atoms with Crippen molar-refractivity contribution in [1.82, 2.24) is 0 Å². The van der Waals surface area contributed by atoms with Crippen LogP contribution >= 0.6 is 0 Å². The summed E-state index contributed by atoms with van der Waals surface area (Å²) in [5.74, 6) is -3.27. The molecular formula is C57H61FO16. The molecule has 0 bridgehead atoms. The van der Waals surface area contributed by atoms with Crippen LogP contribution in [0.4, 0.5) is 4.39 Å². The molecule has 0 aromatic heterocycles. The van der Waals surface area contributed by atoms with Crippen LogP contribution in [0.15, 0.2) is 139 Å². The topological polar surface area (TPSA) is 195 Å². The van der Waals surface area contributed by atoms with Crippen LogP contribution in [-0.4, -0.2) is 88.7 Å². The highest BCUT2D eigenvalue weighted by atomic mass is 19.1. The van der Waals surface area contributed by atoms with Gasteiger partial charge in [-0.2, -0.15) is 0 Å². The van der Waals surface area contributed by atoms with Crippen LogP contribution in [0.5, 0.6) is 34.5 Å². The average molecular weight is 1020 g/mol. The molecule has 0 saturated heterocycles. The van der Waals surface area contributed by atoms with Gasteiger partial charge in [0.15, 0.2) is 34.6 Å². The van der Waals surface area contributed by atoms with E-state index in [9.17, 15) is 33.2 Å². The van der Waals surface area contributed by atoms with Crippen molar-refractivity contribution in [3.8, 4) is 56.8 Å². The number of esters is 6. The quantitative estimate of drug-likeness (QED) is 0.0180. The van der Waals surface area contributed by atoms with E-state index in [2.05, 4.69) is 26.3 Å². The fraction of sp³-hybridized carbons (Fsp3) is 0.298. The molecule has 4 aromatic carbocycles. The second-order valence-electron chi connectivity index (χ2n) is 17.5. The zero-order valence-electron chi connectivity index (χ0n) is 42.7. The van der Waals surface area contributed by atoms with Crippen LogP contribution < -0.4 is 28.4 Å². The van der Waals surface area contributed by atoms with E-state index in [0.717, 1.165) is 11.1 Å². The molecule has 0 heterocycles.